The fourth-order valence-corrected chi connectivity index (χ4v) is 3.60. The molecule has 0 unspecified atom stereocenters. The highest BCUT2D eigenvalue weighted by Crippen LogP contribution is 2.17. The molecule has 5 nitrogen and oxygen atoms in total. The second-order valence-electron chi connectivity index (χ2n) is 7.22. The number of aliphatic imine (C=N–C) groups is 1. The molecule has 5 heteroatoms. The minimum absolute atomic E-state index is 0.507. The van der Waals surface area contributed by atoms with E-state index in [0.29, 0.717) is 12.0 Å². The molecule has 1 fully saturated rings. The molecule has 1 aliphatic rings. The molecule has 1 aromatic carbocycles. The fraction of sp³-hybridized carbons (Fsp3) is 0.524. The van der Waals surface area contributed by atoms with Crippen molar-refractivity contribution in [3.05, 3.63) is 47.8 Å². The number of guanidine groups is 1. The summed E-state index contributed by atoms with van der Waals surface area (Å²) in [6, 6.07) is 10.7. The van der Waals surface area contributed by atoms with E-state index in [4.69, 9.17) is 5.73 Å². The van der Waals surface area contributed by atoms with Gasteiger partial charge in [0.1, 0.15) is 0 Å². The average molecular weight is 354 g/mol. The zero-order valence-corrected chi connectivity index (χ0v) is 15.8. The van der Waals surface area contributed by atoms with Gasteiger partial charge in [0.2, 0.25) is 0 Å². The van der Waals surface area contributed by atoms with Gasteiger partial charge in [0.05, 0.1) is 11.4 Å². The number of para-hydroxylation sites is 1. The van der Waals surface area contributed by atoms with Crippen LogP contribution in [0.5, 0.6) is 0 Å². The molecule has 1 aliphatic carbocycles. The smallest absolute Gasteiger partial charge is 0.188 e. The number of hydrogen-bond acceptors (Lipinski definition) is 2. The van der Waals surface area contributed by atoms with Gasteiger partial charge in [-0.3, -0.25) is 4.99 Å². The minimum Gasteiger partial charge on any atom is -0.370 e. The van der Waals surface area contributed by atoms with Crippen LogP contribution >= 0.6 is 0 Å². The van der Waals surface area contributed by atoms with Crippen molar-refractivity contribution in [3.63, 3.8) is 0 Å². The second kappa shape index (κ2) is 9.41. The van der Waals surface area contributed by atoms with Crippen molar-refractivity contribution in [2.75, 3.05) is 6.54 Å². The predicted molar refractivity (Wildman–Crippen MR) is 108 cm³/mol. The van der Waals surface area contributed by atoms with Crippen LogP contribution in [-0.2, 0) is 6.42 Å². The number of nitrogens with zero attached hydrogens (tertiary/aromatic N) is 3. The summed E-state index contributed by atoms with van der Waals surface area (Å²) >= 11 is 0. The number of benzene rings is 1. The van der Waals surface area contributed by atoms with Gasteiger partial charge in [0, 0.05) is 18.8 Å². The molecule has 0 radical (unpaired) electrons. The summed E-state index contributed by atoms with van der Waals surface area (Å²) in [6.07, 6.45) is 11.8. The number of hydrogen-bond donors (Lipinski definition) is 2. The molecule has 1 aromatic heterocycles. The van der Waals surface area contributed by atoms with E-state index in [1.165, 1.54) is 44.1 Å². The van der Waals surface area contributed by atoms with E-state index in [0.717, 1.165) is 30.8 Å². The third-order valence-corrected chi connectivity index (χ3v) is 5.11. The molecule has 140 valence electrons. The van der Waals surface area contributed by atoms with E-state index < -0.39 is 0 Å². The van der Waals surface area contributed by atoms with Gasteiger partial charge in [-0.15, -0.1) is 0 Å². The SMILES string of the molecule is Cc1nn(-c2ccccc2)cc1CCCN=C(N)NC1CCCCCC1. The summed E-state index contributed by atoms with van der Waals surface area (Å²) in [6.45, 7) is 2.82. The van der Waals surface area contributed by atoms with E-state index in [9.17, 15) is 0 Å². The molecule has 0 bridgehead atoms. The van der Waals surface area contributed by atoms with Gasteiger partial charge in [-0.05, 0) is 50.3 Å². The summed E-state index contributed by atoms with van der Waals surface area (Å²) in [7, 11) is 0. The van der Waals surface area contributed by atoms with Gasteiger partial charge < -0.3 is 11.1 Å². The van der Waals surface area contributed by atoms with Crippen LogP contribution in [0.1, 0.15) is 56.2 Å². The molecule has 0 spiro atoms. The van der Waals surface area contributed by atoms with Crippen molar-refractivity contribution in [2.45, 2.75) is 64.3 Å². The fourth-order valence-electron chi connectivity index (χ4n) is 3.60. The predicted octanol–water partition coefficient (Wildman–Crippen LogP) is 3.74. The van der Waals surface area contributed by atoms with Crippen molar-refractivity contribution >= 4 is 5.96 Å². The maximum absolute atomic E-state index is 6.07. The molecule has 0 atom stereocenters. The van der Waals surface area contributed by atoms with Crippen LogP contribution in [0.2, 0.25) is 0 Å². The Labute approximate surface area is 156 Å². The summed E-state index contributed by atoms with van der Waals surface area (Å²) in [5.41, 5.74) is 9.52. The van der Waals surface area contributed by atoms with Gasteiger partial charge in [-0.2, -0.15) is 5.10 Å². The first-order valence-corrected chi connectivity index (χ1v) is 9.89. The lowest BCUT2D eigenvalue weighted by Gasteiger charge is -2.16. The molecule has 3 rings (SSSR count). The highest BCUT2D eigenvalue weighted by Gasteiger charge is 2.12. The third-order valence-electron chi connectivity index (χ3n) is 5.11. The molecule has 0 saturated heterocycles. The van der Waals surface area contributed by atoms with Crippen LogP contribution < -0.4 is 11.1 Å². The van der Waals surface area contributed by atoms with E-state index in [-0.39, 0.29) is 0 Å². The summed E-state index contributed by atoms with van der Waals surface area (Å²) in [5, 5.41) is 8.03. The molecule has 3 N–H and O–H groups in total. The zero-order chi connectivity index (χ0) is 18.2. The first kappa shape index (κ1) is 18.5. The number of aromatic nitrogens is 2. The van der Waals surface area contributed by atoms with Crippen molar-refractivity contribution in [1.82, 2.24) is 15.1 Å². The minimum atomic E-state index is 0.507. The van der Waals surface area contributed by atoms with Gasteiger partial charge in [0.15, 0.2) is 5.96 Å². The molecule has 1 saturated carbocycles. The Balaban J connectivity index is 1.46. The maximum Gasteiger partial charge on any atom is 0.188 e. The van der Waals surface area contributed by atoms with Crippen LogP contribution in [-0.4, -0.2) is 28.3 Å². The summed E-state index contributed by atoms with van der Waals surface area (Å²) < 4.78 is 1.95. The Hall–Kier alpha value is -2.30. The van der Waals surface area contributed by atoms with Gasteiger partial charge >= 0.3 is 0 Å². The number of nitrogens with two attached hydrogens (primary N) is 1. The van der Waals surface area contributed by atoms with Gasteiger partial charge in [-0.25, -0.2) is 4.68 Å². The highest BCUT2D eigenvalue weighted by atomic mass is 15.3. The molecule has 2 aromatic rings. The van der Waals surface area contributed by atoms with Crippen LogP contribution in [0.25, 0.3) is 5.69 Å². The quantitative estimate of drug-likeness (QED) is 0.360. The van der Waals surface area contributed by atoms with Crippen LogP contribution in [0.15, 0.2) is 41.5 Å². The van der Waals surface area contributed by atoms with Crippen molar-refractivity contribution in [1.29, 1.82) is 0 Å². The lowest BCUT2D eigenvalue weighted by atomic mass is 10.1. The maximum atomic E-state index is 6.07. The number of aryl methyl sites for hydroxylation is 2. The summed E-state index contributed by atoms with van der Waals surface area (Å²) in [4.78, 5) is 4.51. The average Bonchev–Trinajstić information content (AvgIpc) is 2.84. The van der Waals surface area contributed by atoms with Gasteiger partial charge in [-0.1, -0.05) is 43.9 Å². The Bertz CT molecular complexity index is 696. The Morgan fingerprint density at radius 3 is 2.65 bits per heavy atom. The summed E-state index contributed by atoms with van der Waals surface area (Å²) in [5.74, 6) is 0.605. The monoisotopic (exact) mass is 353 g/mol. The van der Waals surface area contributed by atoms with Crippen molar-refractivity contribution in [3.8, 4) is 5.69 Å². The van der Waals surface area contributed by atoms with E-state index in [1.807, 2.05) is 22.9 Å². The molecule has 0 aliphatic heterocycles. The van der Waals surface area contributed by atoms with E-state index >= 15 is 0 Å². The van der Waals surface area contributed by atoms with Crippen LogP contribution in [0, 0.1) is 6.92 Å². The Morgan fingerprint density at radius 1 is 1.19 bits per heavy atom. The van der Waals surface area contributed by atoms with Crippen LogP contribution in [0.3, 0.4) is 0 Å². The topological polar surface area (TPSA) is 68.2 Å². The molecule has 26 heavy (non-hydrogen) atoms. The van der Waals surface area contributed by atoms with Gasteiger partial charge in [0.25, 0.3) is 0 Å². The molecule has 1 heterocycles. The Morgan fingerprint density at radius 2 is 1.92 bits per heavy atom. The van der Waals surface area contributed by atoms with E-state index in [1.54, 1.807) is 0 Å². The standard InChI is InChI=1S/C21H31N5/c1-17-18(16-26(25-17)20-13-7-4-8-14-20)10-9-15-23-21(22)24-19-11-5-2-3-6-12-19/h4,7-8,13-14,16,19H,2-3,5-6,9-12,15H2,1H3,(H3,22,23,24). The second-order valence-corrected chi connectivity index (χ2v) is 7.22. The highest BCUT2D eigenvalue weighted by molar-refractivity contribution is 5.78. The Kier molecular flexibility index (Phi) is 6.69. The van der Waals surface area contributed by atoms with E-state index in [2.05, 4.69) is 40.7 Å². The third kappa shape index (κ3) is 5.35. The van der Waals surface area contributed by atoms with Crippen molar-refractivity contribution in [2.24, 2.45) is 10.7 Å². The van der Waals surface area contributed by atoms with Crippen molar-refractivity contribution < 1.29 is 0 Å². The lowest BCUT2D eigenvalue weighted by molar-refractivity contribution is 0.530. The lowest BCUT2D eigenvalue weighted by Crippen LogP contribution is -2.39. The van der Waals surface area contributed by atoms with Crippen LogP contribution in [0.4, 0.5) is 0 Å². The first-order valence-electron chi connectivity index (χ1n) is 9.89. The largest absolute Gasteiger partial charge is 0.370 e. The first-order chi connectivity index (χ1) is 12.7. The number of rotatable bonds is 6. The molecular formula is C21H31N5. The normalized spacial score (nSPS) is 16.4. The molecular weight excluding hydrogens is 322 g/mol. The number of nitrogens with one attached hydrogen (secondary N) is 1. The zero-order valence-electron chi connectivity index (χ0n) is 15.8. The molecule has 0 amide bonds.